The van der Waals surface area contributed by atoms with E-state index in [0.29, 0.717) is 29.0 Å². The number of hydrogen-bond acceptors (Lipinski definition) is 6. The summed E-state index contributed by atoms with van der Waals surface area (Å²) in [7, 11) is 0. The van der Waals surface area contributed by atoms with Crippen molar-refractivity contribution in [1.82, 2.24) is 19.4 Å². The van der Waals surface area contributed by atoms with Crippen LogP contribution < -0.4 is 10.4 Å². The first-order valence-electron chi connectivity index (χ1n) is 11.1. The molecule has 2 atom stereocenters. The third-order valence-electron chi connectivity index (χ3n) is 6.07. The molecule has 1 fully saturated rings. The zero-order valence-electron chi connectivity index (χ0n) is 18.4. The van der Waals surface area contributed by atoms with Gasteiger partial charge in [0, 0.05) is 35.4 Å². The third kappa shape index (κ3) is 4.40. The number of hydrogen-bond donors (Lipinski definition) is 1. The number of aryl methyl sites for hydroxylation is 1. The number of alkyl halides is 3. The summed E-state index contributed by atoms with van der Waals surface area (Å²) in [5, 5.41) is 16.7. The van der Waals surface area contributed by atoms with Gasteiger partial charge in [-0.05, 0) is 56.9 Å². The number of nitrogens with zero attached hydrogens (tertiary/aromatic N) is 5. The molecule has 0 bridgehead atoms. The molecule has 0 amide bonds. The number of nitrogens with one attached hydrogen (secondary N) is 1. The Labute approximate surface area is 193 Å². The molecule has 1 aliphatic carbocycles. The highest BCUT2D eigenvalue weighted by molar-refractivity contribution is 5.92. The van der Waals surface area contributed by atoms with Gasteiger partial charge in [0.15, 0.2) is 0 Å². The minimum absolute atomic E-state index is 0.119. The van der Waals surface area contributed by atoms with E-state index in [1.807, 2.05) is 13.0 Å². The Balaban J connectivity index is 1.40. The van der Waals surface area contributed by atoms with Crippen LogP contribution in [0.5, 0.6) is 0 Å². The van der Waals surface area contributed by atoms with Gasteiger partial charge in [0.25, 0.3) is 0 Å². The highest BCUT2D eigenvalue weighted by atomic mass is 19.4. The summed E-state index contributed by atoms with van der Waals surface area (Å²) < 4.78 is 41.9. The van der Waals surface area contributed by atoms with Crippen LogP contribution in [0.25, 0.3) is 16.7 Å². The van der Waals surface area contributed by atoms with E-state index in [-0.39, 0.29) is 23.5 Å². The zero-order valence-corrected chi connectivity index (χ0v) is 18.4. The second-order valence-corrected chi connectivity index (χ2v) is 8.60. The number of fused-ring (bicyclic) bond motifs is 2. The number of halogens is 3. The fourth-order valence-corrected chi connectivity index (χ4v) is 4.45. The predicted octanol–water partition coefficient (Wildman–Crippen LogP) is 4.13. The standard InChI is InChI=1S/C24H23F3N6O/c1-14-6-7-18-17(10-14)19(12-21(32-18)24(25,26)27)30-15-4-2-5-16(11-15)31-22(34)20-13-29-23-28-8-3-9-33(20)23/h3,6-10,12-13,15-16H,2,4-5,11H2,1H3,(H,30,32)(H,31,34)/p-1/t15-,16?/m0/s1. The lowest BCUT2D eigenvalue weighted by Gasteiger charge is -2.30. The molecular weight excluding hydrogens is 445 g/mol. The lowest BCUT2D eigenvalue weighted by atomic mass is 9.91. The van der Waals surface area contributed by atoms with E-state index in [9.17, 15) is 18.3 Å². The van der Waals surface area contributed by atoms with Crippen LogP contribution in [-0.4, -0.2) is 37.3 Å². The maximum atomic E-state index is 13.5. The number of rotatable bonds is 4. The number of anilines is 1. The van der Waals surface area contributed by atoms with Crippen LogP contribution in [-0.2, 0) is 6.18 Å². The Morgan fingerprint density at radius 2 is 2.06 bits per heavy atom. The molecule has 3 heterocycles. The van der Waals surface area contributed by atoms with Crippen molar-refractivity contribution in [3.8, 4) is 0 Å². The predicted molar refractivity (Wildman–Crippen MR) is 121 cm³/mol. The van der Waals surface area contributed by atoms with E-state index < -0.39 is 11.9 Å². The lowest BCUT2D eigenvalue weighted by Crippen LogP contribution is -2.32. The van der Waals surface area contributed by atoms with Crippen LogP contribution in [0.4, 0.5) is 18.9 Å². The van der Waals surface area contributed by atoms with Crippen LogP contribution in [0, 0.1) is 6.92 Å². The SMILES string of the molecule is Cc1ccc2nc(C(F)(F)F)cc(N[C@H]3CCCC(N=C([O-])c4cnc5ncccn45)C3)c2c1. The van der Waals surface area contributed by atoms with Crippen LogP contribution >= 0.6 is 0 Å². The molecular formula is C24H22F3N6O-. The highest BCUT2D eigenvalue weighted by Gasteiger charge is 2.34. The van der Waals surface area contributed by atoms with E-state index in [0.717, 1.165) is 30.9 Å². The normalized spacial score (nSPS) is 19.6. The number of benzene rings is 1. The average Bonchev–Trinajstić information content (AvgIpc) is 3.23. The molecule has 1 N–H and O–H groups in total. The average molecular weight is 467 g/mol. The molecule has 1 saturated carbocycles. The maximum Gasteiger partial charge on any atom is 0.433 e. The zero-order chi connectivity index (χ0) is 23.9. The van der Waals surface area contributed by atoms with Crippen LogP contribution in [0.2, 0.25) is 0 Å². The van der Waals surface area contributed by atoms with Crippen molar-refractivity contribution in [1.29, 1.82) is 0 Å². The van der Waals surface area contributed by atoms with Gasteiger partial charge in [-0.25, -0.2) is 15.0 Å². The summed E-state index contributed by atoms with van der Waals surface area (Å²) in [6.07, 6.45) is 3.07. The summed E-state index contributed by atoms with van der Waals surface area (Å²) in [6, 6.07) is 7.60. The molecule has 1 unspecified atom stereocenters. The van der Waals surface area contributed by atoms with Crippen molar-refractivity contribution in [3.63, 3.8) is 0 Å². The molecule has 7 nitrogen and oxygen atoms in total. The van der Waals surface area contributed by atoms with Crippen molar-refractivity contribution in [2.75, 3.05) is 5.32 Å². The topological polar surface area (TPSA) is 90.5 Å². The monoisotopic (exact) mass is 467 g/mol. The van der Waals surface area contributed by atoms with Gasteiger partial charge < -0.3 is 10.4 Å². The van der Waals surface area contributed by atoms with Crippen molar-refractivity contribution in [2.45, 2.75) is 50.9 Å². The van der Waals surface area contributed by atoms with Crippen LogP contribution in [0.15, 0.2) is 53.9 Å². The molecule has 5 rings (SSSR count). The van der Waals surface area contributed by atoms with Crippen molar-refractivity contribution in [3.05, 3.63) is 65.9 Å². The molecule has 1 aromatic carbocycles. The number of imidazole rings is 1. The Morgan fingerprint density at radius 1 is 1.21 bits per heavy atom. The van der Waals surface area contributed by atoms with Gasteiger partial charge in [0.2, 0.25) is 5.78 Å². The van der Waals surface area contributed by atoms with E-state index in [2.05, 4.69) is 25.3 Å². The van der Waals surface area contributed by atoms with Gasteiger partial charge >= 0.3 is 6.18 Å². The molecule has 3 aromatic heterocycles. The molecule has 10 heteroatoms. The van der Waals surface area contributed by atoms with Crippen molar-refractivity contribution < 1.29 is 18.3 Å². The summed E-state index contributed by atoms with van der Waals surface area (Å²) in [5.41, 5.74) is 1.02. The first-order chi connectivity index (χ1) is 16.3. The second-order valence-electron chi connectivity index (χ2n) is 8.60. The Kier molecular flexibility index (Phi) is 5.59. The molecule has 0 saturated heterocycles. The molecule has 0 radical (unpaired) electrons. The van der Waals surface area contributed by atoms with E-state index in [4.69, 9.17) is 0 Å². The van der Waals surface area contributed by atoms with E-state index in [1.165, 1.54) is 6.20 Å². The Hall–Kier alpha value is -3.69. The van der Waals surface area contributed by atoms with Gasteiger partial charge in [-0.15, -0.1) is 0 Å². The number of pyridine rings is 1. The Bertz CT molecular complexity index is 1380. The smallest absolute Gasteiger partial charge is 0.433 e. The Morgan fingerprint density at radius 3 is 2.88 bits per heavy atom. The molecule has 176 valence electrons. The second kappa shape index (κ2) is 8.58. The molecule has 4 aromatic rings. The third-order valence-corrected chi connectivity index (χ3v) is 6.07. The van der Waals surface area contributed by atoms with Crippen LogP contribution in [0.3, 0.4) is 0 Å². The van der Waals surface area contributed by atoms with Gasteiger partial charge in [0.1, 0.15) is 5.69 Å². The van der Waals surface area contributed by atoms with Gasteiger partial charge in [0.05, 0.1) is 23.4 Å². The van der Waals surface area contributed by atoms with Crippen molar-refractivity contribution >= 4 is 28.3 Å². The molecule has 1 aliphatic rings. The first kappa shape index (κ1) is 22.1. The molecule has 0 spiro atoms. The fourth-order valence-electron chi connectivity index (χ4n) is 4.45. The van der Waals surface area contributed by atoms with Crippen LogP contribution in [0.1, 0.15) is 42.6 Å². The first-order valence-corrected chi connectivity index (χ1v) is 11.1. The quantitative estimate of drug-likeness (QED) is 0.360. The summed E-state index contributed by atoms with van der Waals surface area (Å²) in [5.74, 6) is 0.0417. The maximum absolute atomic E-state index is 13.5. The number of aliphatic imine (C=N–C) groups is 1. The number of aromatic nitrogens is 4. The van der Waals surface area contributed by atoms with E-state index in [1.54, 1.807) is 35.0 Å². The minimum Gasteiger partial charge on any atom is -0.857 e. The van der Waals surface area contributed by atoms with Gasteiger partial charge in [-0.1, -0.05) is 11.6 Å². The molecule has 0 aliphatic heterocycles. The highest BCUT2D eigenvalue weighted by Crippen LogP contribution is 2.35. The van der Waals surface area contributed by atoms with Gasteiger partial charge in [-0.3, -0.25) is 9.39 Å². The summed E-state index contributed by atoms with van der Waals surface area (Å²) >= 11 is 0. The lowest BCUT2D eigenvalue weighted by molar-refractivity contribution is -0.214. The van der Waals surface area contributed by atoms with E-state index >= 15 is 0 Å². The largest absolute Gasteiger partial charge is 0.857 e. The fraction of sp³-hybridized carbons (Fsp3) is 0.333. The molecule has 34 heavy (non-hydrogen) atoms. The summed E-state index contributed by atoms with van der Waals surface area (Å²) in [4.78, 5) is 16.4. The van der Waals surface area contributed by atoms with Crippen molar-refractivity contribution in [2.24, 2.45) is 4.99 Å². The van der Waals surface area contributed by atoms with Gasteiger partial charge in [-0.2, -0.15) is 13.2 Å². The summed E-state index contributed by atoms with van der Waals surface area (Å²) in [6.45, 7) is 1.89. The minimum atomic E-state index is -4.55.